The average molecular weight is 529 g/mol. The van der Waals surface area contributed by atoms with Crippen molar-refractivity contribution >= 4 is 39.1 Å². The maximum atomic E-state index is 13.7. The quantitative estimate of drug-likeness (QED) is 0.389. The van der Waals surface area contributed by atoms with Gasteiger partial charge in [-0.1, -0.05) is 35.0 Å². The van der Waals surface area contributed by atoms with Gasteiger partial charge in [-0.3, -0.25) is 9.59 Å². The predicted molar refractivity (Wildman–Crippen MR) is 133 cm³/mol. The second-order valence-corrected chi connectivity index (χ2v) is 10.2. The fraction of sp³-hybridized carbons (Fsp3) is 0.308. The number of hydrogen-bond acceptors (Lipinski definition) is 3. The number of fused-ring (bicyclic) bond motifs is 1. The summed E-state index contributed by atoms with van der Waals surface area (Å²) in [6, 6.07) is 15.2. The summed E-state index contributed by atoms with van der Waals surface area (Å²) in [5, 5.41) is 2.04. The molecule has 2 amide bonds. The first-order valence-corrected chi connectivity index (χ1v) is 12.7. The van der Waals surface area contributed by atoms with Crippen molar-refractivity contribution in [3.05, 3.63) is 91.8 Å². The molecule has 0 radical (unpaired) electrons. The summed E-state index contributed by atoms with van der Waals surface area (Å²) in [5.74, 6) is -0.565. The zero-order valence-electron chi connectivity index (χ0n) is 18.6. The van der Waals surface area contributed by atoms with Gasteiger partial charge in [0.2, 0.25) is 5.91 Å². The van der Waals surface area contributed by atoms with Crippen LogP contribution >= 0.6 is 27.3 Å². The molecule has 0 N–H and O–H groups in total. The second kappa shape index (κ2) is 10.2. The topological polar surface area (TPSA) is 40.6 Å². The number of amides is 2. The van der Waals surface area contributed by atoms with Crippen molar-refractivity contribution in [2.75, 3.05) is 13.1 Å². The Labute approximate surface area is 206 Å². The van der Waals surface area contributed by atoms with Gasteiger partial charge in [0.25, 0.3) is 5.91 Å². The lowest BCUT2D eigenvalue weighted by atomic mass is 9.93. The van der Waals surface area contributed by atoms with Gasteiger partial charge in [-0.2, -0.15) is 0 Å². The van der Waals surface area contributed by atoms with E-state index in [2.05, 4.69) is 15.9 Å². The summed E-state index contributed by atoms with van der Waals surface area (Å²) in [7, 11) is 0. The maximum Gasteiger partial charge on any atom is 0.254 e. The van der Waals surface area contributed by atoms with Crippen molar-refractivity contribution in [3.63, 3.8) is 0 Å². The lowest BCUT2D eigenvalue weighted by Gasteiger charge is -2.38. The molecule has 1 aliphatic heterocycles. The van der Waals surface area contributed by atoms with E-state index < -0.39 is 0 Å². The molecule has 0 fully saturated rings. The van der Waals surface area contributed by atoms with Crippen molar-refractivity contribution in [3.8, 4) is 0 Å². The number of thiophene rings is 1. The summed E-state index contributed by atoms with van der Waals surface area (Å²) >= 11 is 5.09. The Morgan fingerprint density at radius 1 is 1.15 bits per heavy atom. The van der Waals surface area contributed by atoms with Gasteiger partial charge in [0.1, 0.15) is 12.4 Å². The van der Waals surface area contributed by atoms with Crippen LogP contribution in [-0.2, 0) is 11.2 Å². The van der Waals surface area contributed by atoms with Crippen molar-refractivity contribution in [2.24, 2.45) is 0 Å². The fourth-order valence-electron chi connectivity index (χ4n) is 4.23. The van der Waals surface area contributed by atoms with Crippen LogP contribution < -0.4 is 0 Å². The number of carbonyl (C=O) groups excluding carboxylic acids is 2. The molecule has 33 heavy (non-hydrogen) atoms. The maximum absolute atomic E-state index is 13.7. The largest absolute Gasteiger partial charge is 0.330 e. The van der Waals surface area contributed by atoms with Crippen LogP contribution in [0.5, 0.6) is 0 Å². The molecule has 0 saturated heterocycles. The first-order valence-electron chi connectivity index (χ1n) is 11.1. The zero-order valence-corrected chi connectivity index (χ0v) is 21.0. The molecule has 3 aromatic rings. The van der Waals surface area contributed by atoms with E-state index in [0.29, 0.717) is 12.1 Å². The van der Waals surface area contributed by atoms with E-state index >= 15 is 0 Å². The Morgan fingerprint density at radius 2 is 1.85 bits per heavy atom. The summed E-state index contributed by atoms with van der Waals surface area (Å²) < 4.78 is 14.5. The highest BCUT2D eigenvalue weighted by Crippen LogP contribution is 2.38. The molecular weight excluding hydrogens is 503 g/mol. The highest BCUT2D eigenvalue weighted by Gasteiger charge is 2.34. The molecular formula is C26H26BrFN2O2S. The van der Waals surface area contributed by atoms with Crippen LogP contribution in [0.25, 0.3) is 0 Å². The Hall–Kier alpha value is -2.51. The first kappa shape index (κ1) is 23.6. The third-order valence-corrected chi connectivity index (χ3v) is 7.78. The van der Waals surface area contributed by atoms with E-state index in [-0.39, 0.29) is 36.3 Å². The molecule has 4 nitrogen and oxygen atoms in total. The molecule has 0 bridgehead atoms. The molecule has 7 heteroatoms. The minimum absolute atomic E-state index is 0.00106. The van der Waals surface area contributed by atoms with Gasteiger partial charge in [0, 0.05) is 27.5 Å². The van der Waals surface area contributed by atoms with Gasteiger partial charge in [-0.05, 0) is 78.7 Å². The van der Waals surface area contributed by atoms with Crippen LogP contribution in [-0.4, -0.2) is 40.7 Å². The van der Waals surface area contributed by atoms with E-state index in [1.165, 1.54) is 17.0 Å². The number of carbonyl (C=O) groups is 2. The molecule has 4 rings (SSSR count). The van der Waals surface area contributed by atoms with E-state index in [1.807, 2.05) is 42.3 Å². The number of rotatable bonds is 6. The number of hydrogen-bond donors (Lipinski definition) is 0. The van der Waals surface area contributed by atoms with Crippen LogP contribution in [0.3, 0.4) is 0 Å². The predicted octanol–water partition coefficient (Wildman–Crippen LogP) is 6.06. The van der Waals surface area contributed by atoms with Gasteiger partial charge in [0.15, 0.2) is 0 Å². The van der Waals surface area contributed by atoms with E-state index in [4.69, 9.17) is 0 Å². The molecule has 0 aliphatic carbocycles. The van der Waals surface area contributed by atoms with Gasteiger partial charge >= 0.3 is 0 Å². The molecule has 0 saturated carbocycles. The Bertz CT molecular complexity index is 1130. The molecule has 2 heterocycles. The highest BCUT2D eigenvalue weighted by atomic mass is 79.9. The molecule has 1 aliphatic rings. The lowest BCUT2D eigenvalue weighted by molar-refractivity contribution is -0.134. The molecule has 0 spiro atoms. The van der Waals surface area contributed by atoms with E-state index in [1.54, 1.807) is 40.5 Å². The number of benzene rings is 2. The Balaban J connectivity index is 1.63. The highest BCUT2D eigenvalue weighted by molar-refractivity contribution is 9.10. The molecule has 1 aromatic heterocycles. The number of nitrogens with zero attached hydrogens (tertiary/aromatic N) is 2. The third kappa shape index (κ3) is 5.04. The second-order valence-electron chi connectivity index (χ2n) is 8.29. The van der Waals surface area contributed by atoms with Gasteiger partial charge in [-0.15, -0.1) is 11.3 Å². The Kier molecular flexibility index (Phi) is 7.29. The molecule has 2 aromatic carbocycles. The molecule has 2 unspecified atom stereocenters. The third-order valence-electron chi connectivity index (χ3n) is 6.25. The van der Waals surface area contributed by atoms with Crippen molar-refractivity contribution < 1.29 is 14.0 Å². The summed E-state index contributed by atoms with van der Waals surface area (Å²) in [6.45, 7) is 4.54. The SMILES string of the molecule is CCC(C)N(CC(=O)N1CCc2sccc2C1c1ccc(F)cc1)C(=O)c1ccc(Br)cc1. The van der Waals surface area contributed by atoms with E-state index in [9.17, 15) is 14.0 Å². The molecule has 172 valence electrons. The van der Waals surface area contributed by atoms with Gasteiger partial charge in [-0.25, -0.2) is 4.39 Å². The van der Waals surface area contributed by atoms with Crippen LogP contribution in [0.2, 0.25) is 0 Å². The van der Waals surface area contributed by atoms with E-state index in [0.717, 1.165) is 28.4 Å². The zero-order chi connectivity index (χ0) is 23.5. The summed E-state index contributed by atoms with van der Waals surface area (Å²) in [4.78, 5) is 31.7. The van der Waals surface area contributed by atoms with Gasteiger partial charge in [0.05, 0.1) is 6.04 Å². The van der Waals surface area contributed by atoms with Gasteiger partial charge < -0.3 is 9.80 Å². The van der Waals surface area contributed by atoms with Crippen LogP contribution in [0, 0.1) is 5.82 Å². The first-order chi connectivity index (χ1) is 15.9. The minimum Gasteiger partial charge on any atom is -0.330 e. The van der Waals surface area contributed by atoms with Crippen LogP contribution in [0.1, 0.15) is 52.7 Å². The summed E-state index contributed by atoms with van der Waals surface area (Å²) in [5.41, 5.74) is 2.51. The lowest BCUT2D eigenvalue weighted by Crippen LogP contribution is -2.49. The molecule has 2 atom stereocenters. The fourth-order valence-corrected chi connectivity index (χ4v) is 5.40. The monoisotopic (exact) mass is 528 g/mol. The normalized spacial score (nSPS) is 16.2. The summed E-state index contributed by atoms with van der Waals surface area (Å²) in [6.07, 6.45) is 1.52. The smallest absolute Gasteiger partial charge is 0.254 e. The van der Waals surface area contributed by atoms with Crippen molar-refractivity contribution in [2.45, 2.75) is 38.8 Å². The van der Waals surface area contributed by atoms with Crippen LogP contribution in [0.15, 0.2) is 64.5 Å². The minimum atomic E-state index is -0.305. The van der Waals surface area contributed by atoms with Crippen molar-refractivity contribution in [1.82, 2.24) is 9.80 Å². The standard InChI is InChI=1S/C26H26BrFN2O2S/c1-3-17(2)30(26(32)19-4-8-20(27)9-5-19)16-24(31)29-14-12-23-22(13-15-33-23)25(29)18-6-10-21(28)11-7-18/h4-11,13,15,17,25H,3,12,14,16H2,1-2H3. The average Bonchev–Trinajstić information content (AvgIpc) is 3.31. The van der Waals surface area contributed by atoms with Crippen LogP contribution in [0.4, 0.5) is 4.39 Å². The Morgan fingerprint density at radius 3 is 2.52 bits per heavy atom. The van der Waals surface area contributed by atoms with Crippen molar-refractivity contribution in [1.29, 1.82) is 0 Å². The number of halogens is 2.